The van der Waals surface area contributed by atoms with E-state index >= 15 is 0 Å². The van der Waals surface area contributed by atoms with Crippen molar-refractivity contribution >= 4 is 17.9 Å². The molecule has 0 amide bonds. The van der Waals surface area contributed by atoms with E-state index in [1.807, 2.05) is 0 Å². The summed E-state index contributed by atoms with van der Waals surface area (Å²) in [6.07, 6.45) is 97.6. The van der Waals surface area contributed by atoms with Crippen molar-refractivity contribution in [2.75, 3.05) is 13.2 Å². The largest absolute Gasteiger partial charge is 0.462 e. The van der Waals surface area contributed by atoms with Crippen molar-refractivity contribution in [3.05, 3.63) is 182 Å². The van der Waals surface area contributed by atoms with Crippen molar-refractivity contribution in [2.24, 2.45) is 0 Å². The van der Waals surface area contributed by atoms with Crippen LogP contribution in [0.1, 0.15) is 239 Å². The molecule has 0 aromatic heterocycles. The SMILES string of the molecule is CC/C=C\C/C=C\C/C=C\C/C=C\C/C=C\C/C=C\C/C=C\C/C=C\C/C=C\CCCC(=O)OCC(COC(=O)CCCCCCC/C=C\CCCC)OC(=O)CCCCCCC/C=C\C/C=C\C/C=C\C/C=C\C/C=C\CC. The van der Waals surface area contributed by atoms with E-state index in [0.717, 1.165) is 167 Å². The van der Waals surface area contributed by atoms with Gasteiger partial charge in [0.2, 0.25) is 0 Å². The summed E-state index contributed by atoms with van der Waals surface area (Å²) in [4.78, 5) is 38.2. The van der Waals surface area contributed by atoms with E-state index in [9.17, 15) is 14.4 Å². The Morgan fingerprint density at radius 3 is 0.835 bits per heavy atom. The zero-order valence-corrected chi connectivity index (χ0v) is 50.3. The predicted octanol–water partition coefficient (Wildman–Crippen LogP) is 21.7. The van der Waals surface area contributed by atoms with Gasteiger partial charge in [-0.15, -0.1) is 0 Å². The lowest BCUT2D eigenvalue weighted by Crippen LogP contribution is -2.30. The first-order chi connectivity index (χ1) is 39.0. The minimum absolute atomic E-state index is 0.118. The summed E-state index contributed by atoms with van der Waals surface area (Å²) in [5, 5.41) is 0. The summed E-state index contributed by atoms with van der Waals surface area (Å²) < 4.78 is 16.8. The maximum atomic E-state index is 12.9. The van der Waals surface area contributed by atoms with E-state index < -0.39 is 6.10 Å². The van der Waals surface area contributed by atoms with Crippen LogP contribution in [0.2, 0.25) is 0 Å². The van der Waals surface area contributed by atoms with Gasteiger partial charge in [0.1, 0.15) is 13.2 Å². The number of rotatable bonds is 54. The van der Waals surface area contributed by atoms with Gasteiger partial charge in [0.15, 0.2) is 6.10 Å². The van der Waals surface area contributed by atoms with Gasteiger partial charge in [-0.25, -0.2) is 0 Å². The fraction of sp³-hybridized carbons (Fsp3) is 0.548. The van der Waals surface area contributed by atoms with Crippen LogP contribution >= 0.6 is 0 Å². The van der Waals surface area contributed by atoms with Crippen LogP contribution in [0.5, 0.6) is 0 Å². The molecule has 0 N–H and O–H groups in total. The highest BCUT2D eigenvalue weighted by Crippen LogP contribution is 2.13. The summed E-state index contributed by atoms with van der Waals surface area (Å²) >= 11 is 0. The predicted molar refractivity (Wildman–Crippen MR) is 343 cm³/mol. The molecule has 0 rings (SSSR count). The third-order valence-electron chi connectivity index (χ3n) is 12.4. The molecule has 0 bridgehead atoms. The summed E-state index contributed by atoms with van der Waals surface area (Å²) in [5.74, 6) is -1.02. The van der Waals surface area contributed by atoms with Gasteiger partial charge in [0, 0.05) is 19.3 Å². The van der Waals surface area contributed by atoms with Crippen LogP contribution in [0.3, 0.4) is 0 Å². The number of hydrogen-bond donors (Lipinski definition) is 0. The fourth-order valence-electron chi connectivity index (χ4n) is 7.74. The number of carbonyl (C=O) groups excluding carboxylic acids is 3. The average Bonchev–Trinajstić information content (AvgIpc) is 3.45. The van der Waals surface area contributed by atoms with Crippen LogP contribution < -0.4 is 0 Å². The highest BCUT2D eigenvalue weighted by Gasteiger charge is 2.19. The standard InChI is InChI=1S/C73H112O6/c1-4-7-10-13-16-19-22-24-26-28-30-32-33-34-35-36-37-38-39-41-42-44-46-48-51-54-57-60-63-66-72(75)78-69-70(68-77-71(74)65-62-59-56-53-50-21-18-15-12-9-6-3)79-73(76)67-64-61-58-55-52-49-47-45-43-40-31-29-27-25-23-20-17-14-11-8-5-2/h7-8,10-11,15-20,24-27,30-32,34-35,37-38,40-42,45-48,54,57,70H,4-6,9,12-14,21-23,28-29,33,36,39,43-44,49-53,55-56,58-69H2,1-3H3/b10-7-,11-8-,18-15-,19-16-,20-17-,26-24-,27-25-,32-30-,35-34-,38-37-,40-31-,42-41-,47-45-,48-46-,57-54-. The van der Waals surface area contributed by atoms with Gasteiger partial charge in [0.25, 0.3) is 0 Å². The van der Waals surface area contributed by atoms with E-state index in [1.54, 1.807) is 0 Å². The Morgan fingerprint density at radius 2 is 0.506 bits per heavy atom. The topological polar surface area (TPSA) is 78.9 Å². The molecule has 0 aliphatic heterocycles. The zero-order chi connectivity index (χ0) is 57.1. The van der Waals surface area contributed by atoms with Crippen LogP contribution in [0.25, 0.3) is 0 Å². The van der Waals surface area contributed by atoms with Gasteiger partial charge in [0.05, 0.1) is 0 Å². The number of unbranched alkanes of at least 4 members (excludes halogenated alkanes) is 13. The molecule has 0 saturated heterocycles. The minimum Gasteiger partial charge on any atom is -0.462 e. The van der Waals surface area contributed by atoms with Crippen LogP contribution in [0.4, 0.5) is 0 Å². The molecule has 79 heavy (non-hydrogen) atoms. The molecule has 6 nitrogen and oxygen atoms in total. The molecular formula is C73H112O6. The monoisotopic (exact) mass is 1080 g/mol. The Morgan fingerprint density at radius 1 is 0.266 bits per heavy atom. The summed E-state index contributed by atoms with van der Waals surface area (Å²) in [5.41, 5.74) is 0. The zero-order valence-electron chi connectivity index (χ0n) is 50.3. The lowest BCUT2D eigenvalue weighted by molar-refractivity contribution is -0.167. The van der Waals surface area contributed by atoms with Crippen LogP contribution in [0.15, 0.2) is 182 Å². The molecule has 440 valence electrons. The van der Waals surface area contributed by atoms with Crippen LogP contribution in [-0.4, -0.2) is 37.2 Å². The lowest BCUT2D eigenvalue weighted by atomic mass is 10.1. The number of esters is 3. The van der Waals surface area contributed by atoms with E-state index in [1.165, 1.54) is 25.7 Å². The van der Waals surface area contributed by atoms with Crippen molar-refractivity contribution in [1.82, 2.24) is 0 Å². The molecule has 6 heteroatoms. The Hall–Kier alpha value is -5.49. The number of allylic oxidation sites excluding steroid dienone is 30. The van der Waals surface area contributed by atoms with Crippen molar-refractivity contribution in [3.63, 3.8) is 0 Å². The maximum Gasteiger partial charge on any atom is 0.306 e. The van der Waals surface area contributed by atoms with E-state index in [0.29, 0.717) is 12.8 Å². The number of carbonyl (C=O) groups is 3. The molecule has 0 radical (unpaired) electrons. The Bertz CT molecular complexity index is 1870. The smallest absolute Gasteiger partial charge is 0.306 e. The van der Waals surface area contributed by atoms with Crippen molar-refractivity contribution in [3.8, 4) is 0 Å². The molecular weight excluding hydrogens is 973 g/mol. The molecule has 1 atom stereocenters. The molecule has 0 heterocycles. The van der Waals surface area contributed by atoms with Gasteiger partial charge in [-0.2, -0.15) is 0 Å². The molecule has 0 aliphatic rings. The summed E-state index contributed by atoms with van der Waals surface area (Å²) in [6.45, 7) is 6.28. The summed E-state index contributed by atoms with van der Waals surface area (Å²) in [7, 11) is 0. The number of ether oxygens (including phenoxy) is 3. The first kappa shape index (κ1) is 73.5. The molecule has 0 aliphatic carbocycles. The highest BCUT2D eigenvalue weighted by atomic mass is 16.6. The van der Waals surface area contributed by atoms with Gasteiger partial charge in [-0.1, -0.05) is 254 Å². The molecule has 0 spiro atoms. The molecule has 0 aromatic carbocycles. The van der Waals surface area contributed by atoms with E-state index in [2.05, 4.69) is 203 Å². The first-order valence-corrected chi connectivity index (χ1v) is 31.3. The molecule has 0 saturated carbocycles. The normalized spacial score (nSPS) is 13.4. The van der Waals surface area contributed by atoms with Gasteiger partial charge < -0.3 is 14.2 Å². The Balaban J connectivity index is 4.48. The minimum atomic E-state index is -0.826. The maximum absolute atomic E-state index is 12.9. The van der Waals surface area contributed by atoms with Gasteiger partial charge in [-0.05, 0) is 148 Å². The summed E-state index contributed by atoms with van der Waals surface area (Å²) in [6, 6.07) is 0. The van der Waals surface area contributed by atoms with E-state index in [-0.39, 0.29) is 44.0 Å². The molecule has 1 unspecified atom stereocenters. The van der Waals surface area contributed by atoms with Crippen LogP contribution in [0, 0.1) is 0 Å². The Labute approximate surface area is 484 Å². The first-order valence-electron chi connectivity index (χ1n) is 31.3. The lowest BCUT2D eigenvalue weighted by Gasteiger charge is -2.18. The van der Waals surface area contributed by atoms with Gasteiger partial charge in [-0.3, -0.25) is 14.4 Å². The van der Waals surface area contributed by atoms with E-state index in [4.69, 9.17) is 14.2 Å². The van der Waals surface area contributed by atoms with Crippen molar-refractivity contribution < 1.29 is 28.6 Å². The molecule has 0 fully saturated rings. The third-order valence-corrected chi connectivity index (χ3v) is 12.4. The molecule has 0 aromatic rings. The highest BCUT2D eigenvalue weighted by molar-refractivity contribution is 5.71. The fourth-order valence-corrected chi connectivity index (χ4v) is 7.74. The second kappa shape index (κ2) is 65.0. The van der Waals surface area contributed by atoms with Crippen molar-refractivity contribution in [2.45, 2.75) is 245 Å². The van der Waals surface area contributed by atoms with Crippen molar-refractivity contribution in [1.29, 1.82) is 0 Å². The second-order valence-electron chi connectivity index (χ2n) is 19.8. The quantitative estimate of drug-likeness (QED) is 0.0261. The average molecular weight is 1090 g/mol. The van der Waals surface area contributed by atoms with Crippen LogP contribution in [-0.2, 0) is 28.6 Å². The second-order valence-corrected chi connectivity index (χ2v) is 19.8. The Kier molecular flexibility index (Phi) is 60.5. The third kappa shape index (κ3) is 63.2. The van der Waals surface area contributed by atoms with Gasteiger partial charge >= 0.3 is 17.9 Å². The number of hydrogen-bond acceptors (Lipinski definition) is 6.